The number of nitriles is 1. The van der Waals surface area contributed by atoms with Crippen LogP contribution in [-0.4, -0.2) is 14.5 Å². The third kappa shape index (κ3) is 3.22. The summed E-state index contributed by atoms with van der Waals surface area (Å²) in [5, 5.41) is 10.8. The van der Waals surface area contributed by atoms with Gasteiger partial charge < -0.3 is 9.55 Å². The van der Waals surface area contributed by atoms with Gasteiger partial charge in [-0.1, -0.05) is 35.9 Å². The van der Waals surface area contributed by atoms with E-state index in [2.05, 4.69) is 16.0 Å². The lowest BCUT2D eigenvalue weighted by molar-refractivity contribution is 0.924. The Morgan fingerprint density at radius 2 is 1.89 bits per heavy atom. The summed E-state index contributed by atoms with van der Waals surface area (Å²) in [7, 11) is 1.92. The maximum absolute atomic E-state index is 12.3. The van der Waals surface area contributed by atoms with Gasteiger partial charge in [-0.05, 0) is 48.0 Å². The van der Waals surface area contributed by atoms with Crippen LogP contribution in [0, 0.1) is 11.3 Å². The molecule has 0 aliphatic heterocycles. The van der Waals surface area contributed by atoms with E-state index < -0.39 is 0 Å². The van der Waals surface area contributed by atoms with Crippen molar-refractivity contribution in [1.82, 2.24) is 14.5 Å². The molecule has 2 heterocycles. The molecular formula is C22H15ClN4O. The largest absolute Gasteiger partial charge is 0.344 e. The van der Waals surface area contributed by atoms with Crippen LogP contribution in [0.3, 0.4) is 0 Å². The van der Waals surface area contributed by atoms with Crippen molar-refractivity contribution in [2.24, 2.45) is 7.05 Å². The number of aromatic amines is 1. The van der Waals surface area contributed by atoms with Gasteiger partial charge in [0.1, 0.15) is 6.07 Å². The van der Waals surface area contributed by atoms with Crippen LogP contribution in [0.15, 0.2) is 65.5 Å². The second-order valence-corrected chi connectivity index (χ2v) is 6.75. The molecule has 2 aromatic heterocycles. The monoisotopic (exact) mass is 386 g/mol. The average molecular weight is 387 g/mol. The number of H-pyrrole nitrogens is 1. The number of allylic oxidation sites excluding steroid dienone is 1. The molecule has 0 aliphatic rings. The number of rotatable bonds is 3. The van der Waals surface area contributed by atoms with E-state index >= 15 is 0 Å². The van der Waals surface area contributed by atoms with Gasteiger partial charge in [-0.25, -0.2) is 4.98 Å². The lowest BCUT2D eigenvalue weighted by atomic mass is 10.1. The second-order valence-electron chi connectivity index (χ2n) is 6.31. The first-order chi connectivity index (χ1) is 13.6. The molecule has 4 rings (SSSR count). The van der Waals surface area contributed by atoms with Crippen molar-refractivity contribution in [2.75, 3.05) is 0 Å². The van der Waals surface area contributed by atoms with Crippen molar-refractivity contribution in [3.05, 3.63) is 87.6 Å². The second kappa shape index (κ2) is 7.18. The summed E-state index contributed by atoms with van der Waals surface area (Å²) in [6.07, 6.45) is 1.71. The molecule has 0 radical (unpaired) electrons. The van der Waals surface area contributed by atoms with Gasteiger partial charge in [-0.2, -0.15) is 5.26 Å². The van der Waals surface area contributed by atoms with Crippen molar-refractivity contribution in [2.45, 2.75) is 0 Å². The average Bonchev–Trinajstić information content (AvgIpc) is 3.07. The highest BCUT2D eigenvalue weighted by Crippen LogP contribution is 2.25. The summed E-state index contributed by atoms with van der Waals surface area (Å²) in [5.41, 5.74) is 3.39. The molecule has 0 atom stereocenters. The number of para-hydroxylation sites is 1. The summed E-state index contributed by atoms with van der Waals surface area (Å²) in [5.74, 6) is 0.250. The SMILES string of the molecule is Cn1c(C=C(C#N)c2nc3ccccc3c(=O)[nH]2)ccc1-c1ccc(Cl)cc1. The summed E-state index contributed by atoms with van der Waals surface area (Å²) >= 11 is 5.97. The van der Waals surface area contributed by atoms with Crippen LogP contribution in [0.5, 0.6) is 0 Å². The van der Waals surface area contributed by atoms with E-state index in [4.69, 9.17) is 11.6 Å². The van der Waals surface area contributed by atoms with Crippen molar-refractivity contribution in [1.29, 1.82) is 5.26 Å². The minimum absolute atomic E-state index is 0.250. The summed E-state index contributed by atoms with van der Waals surface area (Å²) < 4.78 is 1.97. The smallest absolute Gasteiger partial charge is 0.259 e. The predicted octanol–water partition coefficient (Wildman–Crippen LogP) is 4.65. The van der Waals surface area contributed by atoms with E-state index in [0.29, 0.717) is 15.9 Å². The Balaban J connectivity index is 1.79. The summed E-state index contributed by atoms with van der Waals surface area (Å²) in [6.45, 7) is 0. The minimum Gasteiger partial charge on any atom is -0.344 e. The molecule has 0 bridgehead atoms. The van der Waals surface area contributed by atoms with Crippen LogP contribution in [0.4, 0.5) is 0 Å². The Morgan fingerprint density at radius 1 is 1.14 bits per heavy atom. The van der Waals surface area contributed by atoms with Gasteiger partial charge in [-0.3, -0.25) is 4.79 Å². The van der Waals surface area contributed by atoms with E-state index in [1.807, 2.05) is 54.1 Å². The van der Waals surface area contributed by atoms with Crippen molar-refractivity contribution >= 4 is 34.2 Å². The molecular weight excluding hydrogens is 372 g/mol. The van der Waals surface area contributed by atoms with Gasteiger partial charge in [0.05, 0.1) is 16.5 Å². The van der Waals surface area contributed by atoms with Crippen molar-refractivity contribution < 1.29 is 0 Å². The molecule has 0 amide bonds. The first-order valence-electron chi connectivity index (χ1n) is 8.60. The fourth-order valence-electron chi connectivity index (χ4n) is 3.10. The normalized spacial score (nSPS) is 11.5. The zero-order valence-corrected chi connectivity index (χ0v) is 15.7. The van der Waals surface area contributed by atoms with Crippen molar-refractivity contribution in [3.8, 4) is 17.3 Å². The Labute approximate surface area is 166 Å². The van der Waals surface area contributed by atoms with E-state index in [1.165, 1.54) is 0 Å². The molecule has 5 nitrogen and oxygen atoms in total. The van der Waals surface area contributed by atoms with Gasteiger partial charge in [0.2, 0.25) is 0 Å². The Morgan fingerprint density at radius 3 is 2.64 bits per heavy atom. The molecule has 0 unspecified atom stereocenters. The summed E-state index contributed by atoms with van der Waals surface area (Å²) in [6, 6.07) is 20.6. The number of hydrogen-bond acceptors (Lipinski definition) is 3. The highest BCUT2D eigenvalue weighted by atomic mass is 35.5. The molecule has 136 valence electrons. The number of fused-ring (bicyclic) bond motifs is 1. The Kier molecular flexibility index (Phi) is 4.56. The zero-order chi connectivity index (χ0) is 19.7. The molecule has 0 saturated heterocycles. The molecule has 0 saturated carbocycles. The van der Waals surface area contributed by atoms with Gasteiger partial charge in [0.25, 0.3) is 5.56 Å². The fourth-order valence-corrected chi connectivity index (χ4v) is 3.22. The standard InChI is InChI=1S/C22H15ClN4O/c1-27-17(10-11-20(27)14-6-8-16(23)9-7-14)12-15(13-24)21-25-19-5-3-2-4-18(19)22(28)26-21/h2-12H,1H3,(H,25,26,28). The van der Waals surface area contributed by atoms with E-state index in [-0.39, 0.29) is 17.0 Å². The lowest BCUT2D eigenvalue weighted by Gasteiger charge is -2.07. The molecule has 0 aliphatic carbocycles. The highest BCUT2D eigenvalue weighted by Gasteiger charge is 2.11. The van der Waals surface area contributed by atoms with Crippen LogP contribution < -0.4 is 5.56 Å². The number of nitrogens with one attached hydrogen (secondary N) is 1. The molecule has 2 aromatic carbocycles. The van der Waals surface area contributed by atoms with Crippen LogP contribution in [0.1, 0.15) is 11.5 Å². The van der Waals surface area contributed by atoms with Crippen LogP contribution >= 0.6 is 11.6 Å². The first kappa shape index (κ1) is 17.8. The number of aromatic nitrogens is 3. The number of nitrogens with zero attached hydrogens (tertiary/aromatic N) is 3. The van der Waals surface area contributed by atoms with Gasteiger partial charge in [0.15, 0.2) is 5.82 Å². The molecule has 6 heteroatoms. The summed E-state index contributed by atoms with van der Waals surface area (Å²) in [4.78, 5) is 19.4. The predicted molar refractivity (Wildman–Crippen MR) is 112 cm³/mol. The van der Waals surface area contributed by atoms with Gasteiger partial charge in [0, 0.05) is 23.5 Å². The van der Waals surface area contributed by atoms with Crippen LogP contribution in [-0.2, 0) is 7.05 Å². The quantitative estimate of drug-likeness (QED) is 0.521. The van der Waals surface area contributed by atoms with Crippen LogP contribution in [0.2, 0.25) is 5.02 Å². The third-order valence-corrected chi connectivity index (χ3v) is 4.83. The van der Waals surface area contributed by atoms with E-state index in [9.17, 15) is 10.1 Å². The van der Waals surface area contributed by atoms with E-state index in [0.717, 1.165) is 17.0 Å². The number of benzene rings is 2. The Hall–Kier alpha value is -3.62. The molecule has 1 N–H and O–H groups in total. The third-order valence-electron chi connectivity index (χ3n) is 4.58. The fraction of sp³-hybridized carbons (Fsp3) is 0.0455. The van der Waals surface area contributed by atoms with Crippen molar-refractivity contribution in [3.63, 3.8) is 0 Å². The topological polar surface area (TPSA) is 74.5 Å². The molecule has 28 heavy (non-hydrogen) atoms. The first-order valence-corrected chi connectivity index (χ1v) is 8.97. The van der Waals surface area contributed by atoms with Gasteiger partial charge >= 0.3 is 0 Å². The maximum Gasteiger partial charge on any atom is 0.259 e. The minimum atomic E-state index is -0.268. The number of halogens is 1. The lowest BCUT2D eigenvalue weighted by Crippen LogP contribution is -2.11. The van der Waals surface area contributed by atoms with Crippen LogP contribution in [0.25, 0.3) is 33.8 Å². The molecule has 4 aromatic rings. The maximum atomic E-state index is 12.3. The van der Waals surface area contributed by atoms with E-state index in [1.54, 1.807) is 24.3 Å². The Bertz CT molecular complexity index is 1310. The zero-order valence-electron chi connectivity index (χ0n) is 15.0. The highest BCUT2D eigenvalue weighted by molar-refractivity contribution is 6.30. The van der Waals surface area contributed by atoms with Gasteiger partial charge in [-0.15, -0.1) is 0 Å². The number of hydrogen-bond donors (Lipinski definition) is 1. The molecule has 0 fully saturated rings. The molecule has 0 spiro atoms.